The Hall–Kier alpha value is -3.21. The van der Waals surface area contributed by atoms with Gasteiger partial charge in [0.25, 0.3) is 0 Å². The van der Waals surface area contributed by atoms with Gasteiger partial charge in [-0.25, -0.2) is 0 Å². The number of carbonyl (C=O) groups is 1. The Kier molecular flexibility index (Phi) is 6.73. The summed E-state index contributed by atoms with van der Waals surface area (Å²) in [5.41, 5.74) is 1.92. The van der Waals surface area contributed by atoms with Crippen LogP contribution in [0.15, 0.2) is 71.3 Å². The lowest BCUT2D eigenvalue weighted by atomic mass is 10.1. The molecule has 0 fully saturated rings. The maximum Gasteiger partial charge on any atom is 0.246 e. The van der Waals surface area contributed by atoms with E-state index in [4.69, 9.17) is 4.52 Å². The molecule has 3 rings (SSSR count). The maximum atomic E-state index is 12.7. The second-order valence-corrected chi connectivity index (χ2v) is 6.66. The van der Waals surface area contributed by atoms with Crippen molar-refractivity contribution < 1.29 is 9.32 Å². The number of benzene rings is 2. The molecule has 1 aromatic heterocycles. The smallest absolute Gasteiger partial charge is 0.246 e. The SMILES string of the molecule is CC[C@H](C)N(CCc1nc(-c2ccccc2)no1)C(=O)/C=C/c1ccccc1. The van der Waals surface area contributed by atoms with Crippen LogP contribution in [0.4, 0.5) is 0 Å². The molecule has 0 aliphatic heterocycles. The van der Waals surface area contributed by atoms with Crippen molar-refractivity contribution >= 4 is 12.0 Å². The van der Waals surface area contributed by atoms with Crippen molar-refractivity contribution in [2.24, 2.45) is 0 Å². The summed E-state index contributed by atoms with van der Waals surface area (Å²) in [7, 11) is 0. The van der Waals surface area contributed by atoms with E-state index in [1.54, 1.807) is 6.08 Å². The Bertz CT molecular complexity index is 904. The van der Waals surface area contributed by atoms with Gasteiger partial charge < -0.3 is 9.42 Å². The van der Waals surface area contributed by atoms with Crippen LogP contribution >= 0.6 is 0 Å². The molecule has 0 saturated carbocycles. The summed E-state index contributed by atoms with van der Waals surface area (Å²) in [5, 5.41) is 4.05. The fourth-order valence-electron chi connectivity index (χ4n) is 2.87. The highest BCUT2D eigenvalue weighted by molar-refractivity contribution is 5.92. The number of aromatic nitrogens is 2. The molecule has 0 N–H and O–H groups in total. The molecular formula is C23H25N3O2. The number of hydrogen-bond acceptors (Lipinski definition) is 4. The van der Waals surface area contributed by atoms with E-state index in [2.05, 4.69) is 24.0 Å². The first-order valence-corrected chi connectivity index (χ1v) is 9.59. The molecule has 0 unspecified atom stereocenters. The van der Waals surface area contributed by atoms with Crippen LogP contribution in [-0.4, -0.2) is 33.5 Å². The monoisotopic (exact) mass is 375 g/mol. The molecule has 0 aliphatic carbocycles. The summed E-state index contributed by atoms with van der Waals surface area (Å²) in [6.45, 7) is 4.66. The zero-order valence-electron chi connectivity index (χ0n) is 16.3. The molecule has 2 aromatic carbocycles. The van der Waals surface area contributed by atoms with Crippen molar-refractivity contribution in [3.8, 4) is 11.4 Å². The predicted molar refractivity (Wildman–Crippen MR) is 110 cm³/mol. The van der Waals surface area contributed by atoms with Gasteiger partial charge in [-0.05, 0) is 25.0 Å². The number of amides is 1. The van der Waals surface area contributed by atoms with Crippen molar-refractivity contribution in [3.63, 3.8) is 0 Å². The van der Waals surface area contributed by atoms with Gasteiger partial charge >= 0.3 is 0 Å². The van der Waals surface area contributed by atoms with Crippen molar-refractivity contribution in [2.45, 2.75) is 32.7 Å². The molecule has 1 heterocycles. The standard InChI is InChI=1S/C23H25N3O2/c1-3-18(2)26(22(27)15-14-19-10-6-4-7-11-19)17-16-21-24-23(25-28-21)20-12-8-5-9-13-20/h4-15,18H,3,16-17H2,1-2H3/b15-14+/t18-/m0/s1. The first-order chi connectivity index (χ1) is 13.7. The molecule has 0 radical (unpaired) electrons. The molecule has 1 atom stereocenters. The molecule has 28 heavy (non-hydrogen) atoms. The largest absolute Gasteiger partial charge is 0.339 e. The third kappa shape index (κ3) is 5.16. The molecule has 0 bridgehead atoms. The molecule has 3 aromatic rings. The predicted octanol–water partition coefficient (Wildman–Crippen LogP) is 4.62. The van der Waals surface area contributed by atoms with Gasteiger partial charge in [0, 0.05) is 30.6 Å². The minimum Gasteiger partial charge on any atom is -0.339 e. The Morgan fingerprint density at radius 3 is 2.46 bits per heavy atom. The van der Waals surface area contributed by atoms with E-state index in [0.717, 1.165) is 17.5 Å². The van der Waals surface area contributed by atoms with E-state index in [1.807, 2.05) is 71.6 Å². The summed E-state index contributed by atoms with van der Waals surface area (Å²) in [4.78, 5) is 19.0. The lowest BCUT2D eigenvalue weighted by molar-refractivity contribution is -0.128. The van der Waals surface area contributed by atoms with Crippen LogP contribution in [0, 0.1) is 0 Å². The lowest BCUT2D eigenvalue weighted by Crippen LogP contribution is -2.38. The molecule has 1 amide bonds. The van der Waals surface area contributed by atoms with Crippen molar-refractivity contribution in [1.29, 1.82) is 0 Å². The highest BCUT2D eigenvalue weighted by Gasteiger charge is 2.18. The van der Waals surface area contributed by atoms with Crippen LogP contribution < -0.4 is 0 Å². The van der Waals surface area contributed by atoms with E-state index in [9.17, 15) is 4.79 Å². The summed E-state index contributed by atoms with van der Waals surface area (Å²) in [6, 6.07) is 19.7. The van der Waals surface area contributed by atoms with Crippen molar-refractivity contribution in [2.75, 3.05) is 6.54 Å². The Morgan fingerprint density at radius 2 is 1.79 bits per heavy atom. The first-order valence-electron chi connectivity index (χ1n) is 9.59. The normalized spacial score (nSPS) is 12.2. The second kappa shape index (κ2) is 9.65. The van der Waals surface area contributed by atoms with E-state index in [1.165, 1.54) is 0 Å². The van der Waals surface area contributed by atoms with Crippen LogP contribution in [0.2, 0.25) is 0 Å². The van der Waals surface area contributed by atoms with Gasteiger partial charge in [0.2, 0.25) is 17.6 Å². The van der Waals surface area contributed by atoms with E-state index in [-0.39, 0.29) is 11.9 Å². The third-order valence-corrected chi connectivity index (χ3v) is 4.69. The summed E-state index contributed by atoms with van der Waals surface area (Å²) < 4.78 is 5.37. The van der Waals surface area contributed by atoms with Crippen LogP contribution in [0.5, 0.6) is 0 Å². The molecule has 5 heteroatoms. The van der Waals surface area contributed by atoms with Gasteiger partial charge in [-0.15, -0.1) is 0 Å². The van der Waals surface area contributed by atoms with E-state index in [0.29, 0.717) is 24.7 Å². The molecule has 5 nitrogen and oxygen atoms in total. The summed E-state index contributed by atoms with van der Waals surface area (Å²) in [6.07, 6.45) is 4.88. The Labute approximate surface area is 165 Å². The third-order valence-electron chi connectivity index (χ3n) is 4.69. The minimum absolute atomic E-state index is 0.0130. The minimum atomic E-state index is -0.0130. The first kappa shape index (κ1) is 19.5. The number of rotatable bonds is 8. The Morgan fingerprint density at radius 1 is 1.11 bits per heavy atom. The van der Waals surface area contributed by atoms with Crippen molar-refractivity contribution in [1.82, 2.24) is 15.0 Å². The highest BCUT2D eigenvalue weighted by Crippen LogP contribution is 2.16. The molecular weight excluding hydrogens is 350 g/mol. The fourth-order valence-corrected chi connectivity index (χ4v) is 2.87. The maximum absolute atomic E-state index is 12.7. The van der Waals surface area contributed by atoms with Gasteiger partial charge in [-0.1, -0.05) is 72.7 Å². The molecule has 144 valence electrons. The van der Waals surface area contributed by atoms with E-state index >= 15 is 0 Å². The van der Waals surface area contributed by atoms with Crippen LogP contribution in [-0.2, 0) is 11.2 Å². The summed E-state index contributed by atoms with van der Waals surface area (Å²) in [5.74, 6) is 1.09. The Balaban J connectivity index is 1.65. The highest BCUT2D eigenvalue weighted by atomic mass is 16.5. The van der Waals surface area contributed by atoms with Gasteiger partial charge in [-0.2, -0.15) is 4.98 Å². The van der Waals surface area contributed by atoms with E-state index < -0.39 is 0 Å². The number of hydrogen-bond donors (Lipinski definition) is 0. The van der Waals surface area contributed by atoms with Crippen molar-refractivity contribution in [3.05, 3.63) is 78.2 Å². The molecule has 0 spiro atoms. The van der Waals surface area contributed by atoms with Gasteiger partial charge in [0.1, 0.15) is 0 Å². The van der Waals surface area contributed by atoms with Crippen LogP contribution in [0.1, 0.15) is 31.7 Å². The zero-order chi connectivity index (χ0) is 19.8. The molecule has 0 aliphatic rings. The topological polar surface area (TPSA) is 59.2 Å². The quantitative estimate of drug-likeness (QED) is 0.539. The van der Waals surface area contributed by atoms with Gasteiger partial charge in [0.05, 0.1) is 0 Å². The average Bonchev–Trinajstić information content (AvgIpc) is 3.22. The fraction of sp³-hybridized carbons (Fsp3) is 0.261. The number of carbonyl (C=O) groups excluding carboxylic acids is 1. The summed E-state index contributed by atoms with van der Waals surface area (Å²) >= 11 is 0. The molecule has 0 saturated heterocycles. The lowest BCUT2D eigenvalue weighted by Gasteiger charge is -2.27. The number of nitrogens with zero attached hydrogens (tertiary/aromatic N) is 3. The van der Waals surface area contributed by atoms with Gasteiger partial charge in [-0.3, -0.25) is 4.79 Å². The second-order valence-electron chi connectivity index (χ2n) is 6.66. The van der Waals surface area contributed by atoms with Crippen LogP contribution in [0.25, 0.3) is 17.5 Å². The van der Waals surface area contributed by atoms with Crippen LogP contribution in [0.3, 0.4) is 0 Å². The average molecular weight is 375 g/mol. The zero-order valence-corrected chi connectivity index (χ0v) is 16.3. The van der Waals surface area contributed by atoms with Gasteiger partial charge in [0.15, 0.2) is 0 Å².